The Kier molecular flexibility index (Phi) is 6.76. The lowest BCUT2D eigenvalue weighted by Crippen LogP contribution is -2.07. The molecule has 0 spiro atoms. The van der Waals surface area contributed by atoms with Gasteiger partial charge in [-0.15, -0.1) is 0 Å². The van der Waals surface area contributed by atoms with Gasteiger partial charge in [0.25, 0.3) is 0 Å². The molecular weight excluding hydrogens is 427 g/mol. The van der Waals surface area contributed by atoms with E-state index in [-0.39, 0.29) is 0 Å². The smallest absolute Gasteiger partial charge is 0.129 e. The predicted molar refractivity (Wildman–Crippen MR) is 130 cm³/mol. The highest BCUT2D eigenvalue weighted by molar-refractivity contribution is 6.35. The summed E-state index contributed by atoms with van der Waals surface area (Å²) < 4.78 is 6.16. The molecule has 4 aromatic carbocycles. The van der Waals surface area contributed by atoms with Crippen LogP contribution in [0.2, 0.25) is 10.0 Å². The molecular formula is C26H22Cl2N2O. The molecule has 0 atom stereocenters. The van der Waals surface area contributed by atoms with Crippen molar-refractivity contribution in [3.8, 4) is 5.75 Å². The first-order chi connectivity index (χ1) is 15.1. The zero-order valence-corrected chi connectivity index (χ0v) is 18.6. The van der Waals surface area contributed by atoms with Gasteiger partial charge in [0.1, 0.15) is 12.4 Å². The van der Waals surface area contributed by atoms with Crippen LogP contribution in [0.4, 0.5) is 0 Å². The van der Waals surface area contributed by atoms with E-state index in [9.17, 15) is 0 Å². The van der Waals surface area contributed by atoms with Crippen molar-refractivity contribution in [1.82, 2.24) is 5.43 Å². The molecule has 4 aromatic rings. The third-order valence-electron chi connectivity index (χ3n) is 5.05. The summed E-state index contributed by atoms with van der Waals surface area (Å²) in [5.74, 6) is 0.778. The Bertz CT molecular complexity index is 1200. The standard InChI is InChI=1S/C26H22Cl2N2O/c1-18-9-11-19(12-10-18)17-31-26-14-13-20-5-2-3-6-21(20)22(26)15-29-30-16-23-24(27)7-4-8-25(23)28/h2-15,30H,16-17H2,1H3/b29-15-. The number of nitrogens with zero attached hydrogens (tertiary/aromatic N) is 1. The first kappa shape index (κ1) is 21.2. The minimum atomic E-state index is 0.430. The van der Waals surface area contributed by atoms with Crippen molar-refractivity contribution in [2.45, 2.75) is 20.1 Å². The van der Waals surface area contributed by atoms with Gasteiger partial charge in [0.05, 0.1) is 12.8 Å². The minimum absolute atomic E-state index is 0.430. The second kappa shape index (κ2) is 9.86. The fraction of sp³-hybridized carbons (Fsp3) is 0.115. The van der Waals surface area contributed by atoms with E-state index in [4.69, 9.17) is 27.9 Å². The number of hydrogen-bond donors (Lipinski definition) is 1. The Morgan fingerprint density at radius 3 is 2.39 bits per heavy atom. The minimum Gasteiger partial charge on any atom is -0.488 e. The third kappa shape index (κ3) is 5.19. The quantitative estimate of drug-likeness (QED) is 0.240. The van der Waals surface area contributed by atoms with Crippen molar-refractivity contribution in [3.63, 3.8) is 0 Å². The van der Waals surface area contributed by atoms with Gasteiger partial charge in [-0.05, 0) is 41.5 Å². The molecule has 0 aliphatic rings. The highest BCUT2D eigenvalue weighted by atomic mass is 35.5. The first-order valence-electron chi connectivity index (χ1n) is 10.0. The van der Waals surface area contributed by atoms with Crippen LogP contribution in [0, 0.1) is 6.92 Å². The predicted octanol–water partition coefficient (Wildman–Crippen LogP) is 7.16. The molecule has 0 aromatic heterocycles. The zero-order chi connectivity index (χ0) is 21.6. The molecule has 0 bridgehead atoms. The molecule has 0 aliphatic heterocycles. The van der Waals surface area contributed by atoms with Crippen molar-refractivity contribution >= 4 is 40.2 Å². The SMILES string of the molecule is Cc1ccc(COc2ccc3ccccc3c2/C=N\NCc2c(Cl)cccc2Cl)cc1. The summed E-state index contributed by atoms with van der Waals surface area (Å²) in [7, 11) is 0. The maximum absolute atomic E-state index is 6.24. The molecule has 4 rings (SSSR count). The Labute approximate surface area is 192 Å². The van der Waals surface area contributed by atoms with E-state index >= 15 is 0 Å². The van der Waals surface area contributed by atoms with Crippen molar-refractivity contribution in [3.05, 3.63) is 111 Å². The fourth-order valence-corrected chi connectivity index (χ4v) is 3.85. The average molecular weight is 449 g/mol. The number of halogens is 2. The number of benzene rings is 4. The van der Waals surface area contributed by atoms with Crippen molar-refractivity contribution in [1.29, 1.82) is 0 Å². The van der Waals surface area contributed by atoms with Crippen LogP contribution >= 0.6 is 23.2 Å². The number of rotatable bonds is 7. The van der Waals surface area contributed by atoms with E-state index in [1.165, 1.54) is 5.56 Å². The Morgan fingerprint density at radius 2 is 1.61 bits per heavy atom. The Morgan fingerprint density at radius 1 is 0.871 bits per heavy atom. The molecule has 0 aliphatic carbocycles. The molecule has 0 amide bonds. The van der Waals surface area contributed by atoms with Crippen molar-refractivity contribution < 1.29 is 4.74 Å². The van der Waals surface area contributed by atoms with Crippen LogP contribution in [0.3, 0.4) is 0 Å². The van der Waals surface area contributed by atoms with Gasteiger partial charge in [0, 0.05) is 21.2 Å². The molecule has 0 fully saturated rings. The lowest BCUT2D eigenvalue weighted by Gasteiger charge is -2.12. The van der Waals surface area contributed by atoms with Crippen LogP contribution in [0.1, 0.15) is 22.3 Å². The van der Waals surface area contributed by atoms with E-state index in [0.717, 1.165) is 33.2 Å². The van der Waals surface area contributed by atoms with Crippen LogP contribution in [0.25, 0.3) is 10.8 Å². The summed E-state index contributed by atoms with van der Waals surface area (Å²) in [4.78, 5) is 0. The Balaban J connectivity index is 1.56. The fourth-order valence-electron chi connectivity index (χ4n) is 3.32. The number of hydrazone groups is 1. The maximum atomic E-state index is 6.24. The topological polar surface area (TPSA) is 33.6 Å². The van der Waals surface area contributed by atoms with Gasteiger partial charge in [-0.25, -0.2) is 0 Å². The van der Waals surface area contributed by atoms with Crippen molar-refractivity contribution in [2.75, 3.05) is 0 Å². The lowest BCUT2D eigenvalue weighted by atomic mass is 10.0. The van der Waals surface area contributed by atoms with Crippen LogP contribution in [-0.2, 0) is 13.2 Å². The van der Waals surface area contributed by atoms with Gasteiger partial charge in [-0.1, -0.05) is 89.4 Å². The van der Waals surface area contributed by atoms with Gasteiger partial charge in [0.2, 0.25) is 0 Å². The second-order valence-corrected chi connectivity index (χ2v) is 8.08. The largest absolute Gasteiger partial charge is 0.488 e. The molecule has 0 unspecified atom stereocenters. The molecule has 0 saturated heterocycles. The monoisotopic (exact) mass is 448 g/mol. The number of ether oxygens (including phenoxy) is 1. The number of aryl methyl sites for hydroxylation is 1. The zero-order valence-electron chi connectivity index (χ0n) is 17.1. The number of nitrogens with one attached hydrogen (secondary N) is 1. The normalized spacial score (nSPS) is 11.2. The molecule has 1 N–H and O–H groups in total. The van der Waals surface area contributed by atoms with E-state index in [2.05, 4.69) is 59.9 Å². The first-order valence-corrected chi connectivity index (χ1v) is 10.8. The lowest BCUT2D eigenvalue weighted by molar-refractivity contribution is 0.306. The van der Waals surface area contributed by atoms with Gasteiger partial charge >= 0.3 is 0 Å². The number of hydrogen-bond acceptors (Lipinski definition) is 3. The summed E-state index contributed by atoms with van der Waals surface area (Å²) in [6.45, 7) is 2.99. The second-order valence-electron chi connectivity index (χ2n) is 7.27. The highest BCUT2D eigenvalue weighted by Crippen LogP contribution is 2.28. The van der Waals surface area contributed by atoms with E-state index < -0.39 is 0 Å². The van der Waals surface area contributed by atoms with Gasteiger partial charge in [-0.2, -0.15) is 5.10 Å². The van der Waals surface area contributed by atoms with Gasteiger partial charge in [0.15, 0.2) is 0 Å². The summed E-state index contributed by atoms with van der Waals surface area (Å²) in [5.41, 5.74) is 7.13. The molecule has 0 heterocycles. The van der Waals surface area contributed by atoms with Gasteiger partial charge < -0.3 is 10.2 Å². The highest BCUT2D eigenvalue weighted by Gasteiger charge is 2.08. The van der Waals surface area contributed by atoms with Crippen LogP contribution in [0.5, 0.6) is 5.75 Å². The summed E-state index contributed by atoms with van der Waals surface area (Å²) in [5, 5.41) is 7.85. The molecule has 3 nitrogen and oxygen atoms in total. The Hall–Kier alpha value is -3.01. The summed E-state index contributed by atoms with van der Waals surface area (Å²) in [6, 6.07) is 26.0. The van der Waals surface area contributed by atoms with E-state index in [1.54, 1.807) is 6.21 Å². The van der Waals surface area contributed by atoms with E-state index in [1.807, 2.05) is 36.4 Å². The molecule has 156 valence electrons. The van der Waals surface area contributed by atoms with Crippen molar-refractivity contribution in [2.24, 2.45) is 5.10 Å². The summed E-state index contributed by atoms with van der Waals surface area (Å²) in [6.07, 6.45) is 1.79. The molecule has 0 saturated carbocycles. The average Bonchev–Trinajstić information content (AvgIpc) is 2.78. The van der Waals surface area contributed by atoms with Crippen LogP contribution < -0.4 is 10.2 Å². The molecule has 5 heteroatoms. The van der Waals surface area contributed by atoms with Crippen LogP contribution in [0.15, 0.2) is 84.0 Å². The van der Waals surface area contributed by atoms with Gasteiger partial charge in [-0.3, -0.25) is 0 Å². The number of fused-ring (bicyclic) bond motifs is 1. The molecule has 0 radical (unpaired) electrons. The molecule has 31 heavy (non-hydrogen) atoms. The van der Waals surface area contributed by atoms with E-state index in [0.29, 0.717) is 23.2 Å². The summed E-state index contributed by atoms with van der Waals surface area (Å²) >= 11 is 12.5. The van der Waals surface area contributed by atoms with Crippen LogP contribution in [-0.4, -0.2) is 6.21 Å². The maximum Gasteiger partial charge on any atom is 0.129 e. The third-order valence-corrected chi connectivity index (χ3v) is 5.76.